The molecule has 160 valence electrons. The summed E-state index contributed by atoms with van der Waals surface area (Å²) in [5, 5.41) is 6.44. The van der Waals surface area contributed by atoms with Gasteiger partial charge in [0.2, 0.25) is 10.0 Å². The Kier molecular flexibility index (Phi) is 11.1. The number of benzene rings is 1. The van der Waals surface area contributed by atoms with Crippen LogP contribution in [0.1, 0.15) is 37.6 Å². The predicted octanol–water partition coefficient (Wildman–Crippen LogP) is 2.78. The van der Waals surface area contributed by atoms with Gasteiger partial charge in [-0.15, -0.1) is 24.0 Å². The molecule has 0 aliphatic carbocycles. The second-order valence-electron chi connectivity index (χ2n) is 6.67. The van der Waals surface area contributed by atoms with Gasteiger partial charge in [-0.3, -0.25) is 4.98 Å². The van der Waals surface area contributed by atoms with Crippen molar-refractivity contribution in [2.24, 2.45) is 4.99 Å². The maximum Gasteiger partial charge on any atom is 0.216 e. The van der Waals surface area contributed by atoms with Crippen molar-refractivity contribution in [3.8, 4) is 0 Å². The molecular formula is C20H30IN5O2S. The first-order valence-corrected chi connectivity index (χ1v) is 11.0. The number of hydrogen-bond donors (Lipinski definition) is 3. The van der Waals surface area contributed by atoms with Crippen molar-refractivity contribution in [2.75, 3.05) is 6.54 Å². The van der Waals surface area contributed by atoms with E-state index < -0.39 is 10.0 Å². The van der Waals surface area contributed by atoms with Gasteiger partial charge in [0.25, 0.3) is 0 Å². The molecule has 1 aromatic heterocycles. The Balaban J connectivity index is 0.00000420. The Morgan fingerprint density at radius 2 is 1.76 bits per heavy atom. The van der Waals surface area contributed by atoms with Crippen molar-refractivity contribution < 1.29 is 8.42 Å². The highest BCUT2D eigenvalue weighted by molar-refractivity contribution is 14.0. The van der Waals surface area contributed by atoms with Crippen LogP contribution in [-0.2, 0) is 28.9 Å². The third-order valence-electron chi connectivity index (χ3n) is 3.79. The summed E-state index contributed by atoms with van der Waals surface area (Å²) in [4.78, 5) is 8.89. The van der Waals surface area contributed by atoms with Gasteiger partial charge in [-0.2, -0.15) is 0 Å². The van der Waals surface area contributed by atoms with Crippen molar-refractivity contribution >= 4 is 40.0 Å². The van der Waals surface area contributed by atoms with Crippen LogP contribution in [-0.4, -0.2) is 31.9 Å². The zero-order valence-electron chi connectivity index (χ0n) is 17.1. The number of pyridine rings is 1. The maximum absolute atomic E-state index is 12.3. The number of hydrogen-bond acceptors (Lipinski definition) is 4. The summed E-state index contributed by atoms with van der Waals surface area (Å²) in [6, 6.07) is 13.1. The lowest BCUT2D eigenvalue weighted by Gasteiger charge is -2.13. The molecule has 0 radical (unpaired) electrons. The number of nitrogens with zero attached hydrogens (tertiary/aromatic N) is 2. The second kappa shape index (κ2) is 12.8. The molecule has 9 heteroatoms. The van der Waals surface area contributed by atoms with Gasteiger partial charge in [0, 0.05) is 18.8 Å². The van der Waals surface area contributed by atoms with E-state index in [0.717, 1.165) is 23.4 Å². The molecule has 2 rings (SSSR count). The molecule has 1 heterocycles. The van der Waals surface area contributed by atoms with E-state index in [9.17, 15) is 8.42 Å². The fraction of sp³-hybridized carbons (Fsp3) is 0.400. The topological polar surface area (TPSA) is 95.5 Å². The van der Waals surface area contributed by atoms with Crippen LogP contribution in [0.2, 0.25) is 0 Å². The second-order valence-corrected chi connectivity index (χ2v) is 8.42. The summed E-state index contributed by atoms with van der Waals surface area (Å²) < 4.78 is 27.2. The average molecular weight is 531 g/mol. The van der Waals surface area contributed by atoms with Gasteiger partial charge in [-0.25, -0.2) is 18.1 Å². The van der Waals surface area contributed by atoms with Gasteiger partial charge in [0.1, 0.15) is 0 Å². The van der Waals surface area contributed by atoms with Crippen molar-refractivity contribution in [3.05, 3.63) is 65.5 Å². The first-order valence-electron chi connectivity index (χ1n) is 9.38. The van der Waals surface area contributed by atoms with Crippen molar-refractivity contribution in [1.82, 2.24) is 20.3 Å². The lowest BCUT2D eigenvalue weighted by atomic mass is 10.1. The van der Waals surface area contributed by atoms with E-state index in [4.69, 9.17) is 0 Å². The molecule has 3 N–H and O–H groups in total. The number of aromatic nitrogens is 1. The standard InChI is InChI=1S/C20H29N5O2S.HI/c1-4-21-20(24-14-19-11-7-8-12-22-19)23-13-17-9-5-6-10-18(17)15-28(26,27)25-16(2)3;/h5-12,16,25H,4,13-15H2,1-3H3,(H2,21,23,24);1H. The third-order valence-corrected chi connectivity index (χ3v) is 5.32. The Morgan fingerprint density at radius 3 is 2.38 bits per heavy atom. The molecule has 0 unspecified atom stereocenters. The maximum atomic E-state index is 12.3. The first kappa shape index (κ1) is 25.3. The molecule has 2 aromatic rings. The zero-order chi connectivity index (χ0) is 20.4. The van der Waals surface area contributed by atoms with Crippen molar-refractivity contribution in [1.29, 1.82) is 0 Å². The summed E-state index contributed by atoms with van der Waals surface area (Å²) in [6.45, 7) is 7.28. The van der Waals surface area contributed by atoms with Crippen LogP contribution in [0.5, 0.6) is 0 Å². The minimum absolute atomic E-state index is 0. The molecule has 0 bridgehead atoms. The van der Waals surface area contributed by atoms with Crippen LogP contribution in [0, 0.1) is 0 Å². The molecule has 0 spiro atoms. The van der Waals surface area contributed by atoms with E-state index in [1.165, 1.54) is 0 Å². The Hall–Kier alpha value is -1.72. The number of guanidine groups is 1. The van der Waals surface area contributed by atoms with E-state index in [1.807, 2.05) is 63.2 Å². The number of sulfonamides is 1. The van der Waals surface area contributed by atoms with Crippen LogP contribution >= 0.6 is 24.0 Å². The lowest BCUT2D eigenvalue weighted by molar-refractivity contribution is 0.569. The summed E-state index contributed by atoms with van der Waals surface area (Å²) in [7, 11) is -3.39. The molecule has 0 saturated heterocycles. The number of aliphatic imine (C=N–C) groups is 1. The van der Waals surface area contributed by atoms with E-state index in [1.54, 1.807) is 6.20 Å². The fourth-order valence-electron chi connectivity index (χ4n) is 2.64. The average Bonchev–Trinajstić information content (AvgIpc) is 2.64. The van der Waals surface area contributed by atoms with Crippen LogP contribution in [0.3, 0.4) is 0 Å². The molecule has 0 aliphatic heterocycles. The third kappa shape index (κ3) is 9.55. The zero-order valence-corrected chi connectivity index (χ0v) is 20.2. The Labute approximate surface area is 190 Å². The molecule has 0 aliphatic rings. The first-order chi connectivity index (χ1) is 13.4. The summed E-state index contributed by atoms with van der Waals surface area (Å²) in [6.07, 6.45) is 1.75. The van der Waals surface area contributed by atoms with E-state index in [2.05, 4.69) is 25.3 Å². The van der Waals surface area contributed by atoms with Crippen molar-refractivity contribution in [3.63, 3.8) is 0 Å². The van der Waals surface area contributed by atoms with Crippen LogP contribution < -0.4 is 15.4 Å². The highest BCUT2D eigenvalue weighted by Crippen LogP contribution is 2.13. The summed E-state index contributed by atoms with van der Waals surface area (Å²) in [5.74, 6) is 0.598. The largest absolute Gasteiger partial charge is 0.357 e. The van der Waals surface area contributed by atoms with Crippen LogP contribution in [0.25, 0.3) is 0 Å². The molecule has 29 heavy (non-hydrogen) atoms. The van der Waals surface area contributed by atoms with E-state index in [-0.39, 0.29) is 35.8 Å². The number of rotatable bonds is 9. The normalized spacial score (nSPS) is 11.8. The Morgan fingerprint density at radius 1 is 1.07 bits per heavy atom. The van der Waals surface area contributed by atoms with Crippen LogP contribution in [0.15, 0.2) is 53.7 Å². The number of halogens is 1. The molecule has 0 amide bonds. The highest BCUT2D eigenvalue weighted by atomic mass is 127. The highest BCUT2D eigenvalue weighted by Gasteiger charge is 2.15. The molecule has 1 aromatic carbocycles. The quantitative estimate of drug-likeness (QED) is 0.263. The van der Waals surface area contributed by atoms with Gasteiger partial charge >= 0.3 is 0 Å². The minimum atomic E-state index is -3.39. The van der Waals surface area contributed by atoms with E-state index >= 15 is 0 Å². The molecule has 0 fully saturated rings. The number of nitrogens with one attached hydrogen (secondary N) is 3. The molecular weight excluding hydrogens is 501 g/mol. The monoisotopic (exact) mass is 531 g/mol. The molecule has 0 atom stereocenters. The molecule has 0 saturated carbocycles. The van der Waals surface area contributed by atoms with Gasteiger partial charge in [0.15, 0.2) is 5.96 Å². The van der Waals surface area contributed by atoms with Gasteiger partial charge in [0.05, 0.1) is 24.5 Å². The smallest absolute Gasteiger partial charge is 0.216 e. The SMILES string of the molecule is CCNC(=NCc1ccccc1CS(=O)(=O)NC(C)C)NCc1ccccn1.I. The minimum Gasteiger partial charge on any atom is -0.357 e. The van der Waals surface area contributed by atoms with Gasteiger partial charge in [-0.05, 0) is 44.0 Å². The van der Waals surface area contributed by atoms with Crippen LogP contribution in [0.4, 0.5) is 0 Å². The van der Waals surface area contributed by atoms with Gasteiger partial charge in [-0.1, -0.05) is 30.3 Å². The molecule has 7 nitrogen and oxygen atoms in total. The van der Waals surface area contributed by atoms with E-state index in [0.29, 0.717) is 19.0 Å². The van der Waals surface area contributed by atoms with Crippen molar-refractivity contribution in [2.45, 2.75) is 45.7 Å². The Bertz CT molecular complexity index is 873. The summed E-state index contributed by atoms with van der Waals surface area (Å²) in [5.41, 5.74) is 2.55. The fourth-order valence-corrected chi connectivity index (χ4v) is 4.13. The summed E-state index contributed by atoms with van der Waals surface area (Å²) >= 11 is 0. The van der Waals surface area contributed by atoms with Gasteiger partial charge < -0.3 is 10.6 Å². The predicted molar refractivity (Wildman–Crippen MR) is 129 cm³/mol. The lowest BCUT2D eigenvalue weighted by Crippen LogP contribution is -2.37.